The number of benzene rings is 1. The standard InChI is InChI=1S/C16H21NO4/c1-3-4-5-14(16(19)20)17-15(18)11-8-12-6-9-13(21-2)10-7-12/h6-11,14H,3-5H2,1-2H3,(H,17,18)(H,19,20)/b11-8+/t14-/m0/s1. The first kappa shape index (κ1) is 16.8. The van der Waals surface area contributed by atoms with E-state index in [2.05, 4.69) is 5.32 Å². The van der Waals surface area contributed by atoms with Gasteiger partial charge in [-0.05, 0) is 30.2 Å². The number of methoxy groups -OCH3 is 1. The van der Waals surface area contributed by atoms with Crippen LogP contribution in [-0.4, -0.2) is 30.1 Å². The lowest BCUT2D eigenvalue weighted by Crippen LogP contribution is -2.39. The second-order valence-corrected chi connectivity index (χ2v) is 4.65. The summed E-state index contributed by atoms with van der Waals surface area (Å²) in [6, 6.07) is 6.37. The van der Waals surface area contributed by atoms with Gasteiger partial charge in [0.1, 0.15) is 11.8 Å². The minimum Gasteiger partial charge on any atom is -0.497 e. The predicted octanol–water partition coefficient (Wildman–Crippen LogP) is 2.47. The first-order valence-electron chi connectivity index (χ1n) is 6.92. The van der Waals surface area contributed by atoms with E-state index in [0.717, 1.165) is 24.2 Å². The first-order chi connectivity index (χ1) is 10.1. The monoisotopic (exact) mass is 291 g/mol. The molecule has 1 atom stereocenters. The third-order valence-corrected chi connectivity index (χ3v) is 3.00. The van der Waals surface area contributed by atoms with Gasteiger partial charge in [0.15, 0.2) is 0 Å². The fourth-order valence-corrected chi connectivity index (χ4v) is 1.77. The van der Waals surface area contributed by atoms with E-state index in [1.807, 2.05) is 19.1 Å². The number of carbonyl (C=O) groups excluding carboxylic acids is 1. The van der Waals surface area contributed by atoms with Crippen molar-refractivity contribution in [3.8, 4) is 5.75 Å². The zero-order valence-electron chi connectivity index (χ0n) is 12.3. The summed E-state index contributed by atoms with van der Waals surface area (Å²) in [6.45, 7) is 1.98. The van der Waals surface area contributed by atoms with Crippen molar-refractivity contribution < 1.29 is 19.4 Å². The number of aliphatic carboxylic acids is 1. The molecular formula is C16H21NO4. The molecule has 1 aromatic carbocycles. The fourth-order valence-electron chi connectivity index (χ4n) is 1.77. The number of carboxylic acids is 1. The Morgan fingerprint density at radius 1 is 1.33 bits per heavy atom. The Balaban J connectivity index is 2.57. The number of carbonyl (C=O) groups is 2. The Labute approximate surface area is 124 Å². The number of hydrogen-bond donors (Lipinski definition) is 2. The number of amides is 1. The smallest absolute Gasteiger partial charge is 0.326 e. The molecule has 0 aliphatic heterocycles. The van der Waals surface area contributed by atoms with Gasteiger partial charge in [0.25, 0.3) is 0 Å². The Morgan fingerprint density at radius 3 is 2.52 bits per heavy atom. The molecule has 21 heavy (non-hydrogen) atoms. The number of nitrogens with one attached hydrogen (secondary N) is 1. The molecule has 0 radical (unpaired) electrons. The molecule has 0 aliphatic rings. The number of rotatable bonds is 8. The van der Waals surface area contributed by atoms with Gasteiger partial charge in [0, 0.05) is 6.08 Å². The molecule has 0 unspecified atom stereocenters. The van der Waals surface area contributed by atoms with Gasteiger partial charge in [-0.25, -0.2) is 4.79 Å². The lowest BCUT2D eigenvalue weighted by molar-refractivity contribution is -0.141. The summed E-state index contributed by atoms with van der Waals surface area (Å²) in [4.78, 5) is 22.8. The van der Waals surface area contributed by atoms with Crippen LogP contribution in [0.1, 0.15) is 31.7 Å². The van der Waals surface area contributed by atoms with Gasteiger partial charge in [-0.15, -0.1) is 0 Å². The molecule has 0 saturated heterocycles. The Hall–Kier alpha value is -2.30. The molecular weight excluding hydrogens is 270 g/mol. The number of unbranched alkanes of at least 4 members (excludes halogenated alkanes) is 1. The SMILES string of the molecule is CCCC[C@H](NC(=O)/C=C/c1ccc(OC)cc1)C(=O)O. The topological polar surface area (TPSA) is 75.6 Å². The second-order valence-electron chi connectivity index (χ2n) is 4.65. The van der Waals surface area contributed by atoms with Crippen molar-refractivity contribution in [2.45, 2.75) is 32.2 Å². The molecule has 114 valence electrons. The summed E-state index contributed by atoms with van der Waals surface area (Å²) in [7, 11) is 1.58. The average Bonchev–Trinajstić information content (AvgIpc) is 2.49. The minimum atomic E-state index is -1.00. The van der Waals surface area contributed by atoms with Gasteiger partial charge in [0.05, 0.1) is 7.11 Å². The zero-order chi connectivity index (χ0) is 15.7. The highest BCUT2D eigenvalue weighted by molar-refractivity contribution is 5.94. The van der Waals surface area contributed by atoms with E-state index in [9.17, 15) is 9.59 Å². The number of carboxylic acid groups (broad SMARTS) is 1. The summed E-state index contributed by atoms with van der Waals surface area (Å²) in [5, 5.41) is 11.5. The zero-order valence-corrected chi connectivity index (χ0v) is 12.3. The lowest BCUT2D eigenvalue weighted by atomic mass is 10.1. The molecule has 5 nitrogen and oxygen atoms in total. The van der Waals surface area contributed by atoms with E-state index >= 15 is 0 Å². The summed E-state index contributed by atoms with van der Waals surface area (Å²) < 4.78 is 5.04. The van der Waals surface area contributed by atoms with E-state index in [0.29, 0.717) is 6.42 Å². The van der Waals surface area contributed by atoms with E-state index in [1.165, 1.54) is 6.08 Å². The van der Waals surface area contributed by atoms with Crippen LogP contribution in [-0.2, 0) is 9.59 Å². The average molecular weight is 291 g/mol. The molecule has 0 heterocycles. The van der Waals surface area contributed by atoms with Gasteiger partial charge in [-0.2, -0.15) is 0 Å². The minimum absolute atomic E-state index is 0.408. The Morgan fingerprint density at radius 2 is 2.00 bits per heavy atom. The van der Waals surface area contributed by atoms with Crippen LogP contribution < -0.4 is 10.1 Å². The Kier molecular flexibility index (Phi) is 7.01. The molecule has 0 spiro atoms. The number of ether oxygens (including phenoxy) is 1. The highest BCUT2D eigenvalue weighted by atomic mass is 16.5. The van der Waals surface area contributed by atoms with Gasteiger partial charge < -0.3 is 15.2 Å². The quantitative estimate of drug-likeness (QED) is 0.721. The van der Waals surface area contributed by atoms with E-state index in [1.54, 1.807) is 25.3 Å². The van der Waals surface area contributed by atoms with Gasteiger partial charge in [0.2, 0.25) is 5.91 Å². The summed E-state index contributed by atoms with van der Waals surface area (Å²) in [5.74, 6) is -0.675. The van der Waals surface area contributed by atoms with Crippen molar-refractivity contribution >= 4 is 18.0 Å². The highest BCUT2D eigenvalue weighted by Crippen LogP contribution is 2.12. The maximum atomic E-state index is 11.7. The van der Waals surface area contributed by atoms with Crippen LogP contribution in [0.3, 0.4) is 0 Å². The summed E-state index contributed by atoms with van der Waals surface area (Å²) in [6.07, 6.45) is 5.06. The first-order valence-corrected chi connectivity index (χ1v) is 6.92. The molecule has 0 saturated carbocycles. The summed E-state index contributed by atoms with van der Waals surface area (Å²) >= 11 is 0. The van der Waals surface area contributed by atoms with Crippen molar-refractivity contribution in [1.29, 1.82) is 0 Å². The molecule has 1 amide bonds. The normalized spacial score (nSPS) is 12.1. The van der Waals surface area contributed by atoms with Crippen molar-refractivity contribution in [3.63, 3.8) is 0 Å². The maximum absolute atomic E-state index is 11.7. The maximum Gasteiger partial charge on any atom is 0.326 e. The largest absolute Gasteiger partial charge is 0.497 e. The van der Waals surface area contributed by atoms with E-state index < -0.39 is 17.9 Å². The van der Waals surface area contributed by atoms with Gasteiger partial charge in [-0.3, -0.25) is 4.79 Å². The molecule has 0 aromatic heterocycles. The molecule has 1 aromatic rings. The van der Waals surface area contributed by atoms with Crippen LogP contribution in [0.15, 0.2) is 30.3 Å². The molecule has 0 bridgehead atoms. The highest BCUT2D eigenvalue weighted by Gasteiger charge is 2.17. The lowest BCUT2D eigenvalue weighted by Gasteiger charge is -2.12. The van der Waals surface area contributed by atoms with Crippen molar-refractivity contribution in [2.75, 3.05) is 7.11 Å². The van der Waals surface area contributed by atoms with Gasteiger partial charge >= 0.3 is 5.97 Å². The van der Waals surface area contributed by atoms with Crippen molar-refractivity contribution in [2.24, 2.45) is 0 Å². The number of hydrogen-bond acceptors (Lipinski definition) is 3. The molecule has 2 N–H and O–H groups in total. The third-order valence-electron chi connectivity index (χ3n) is 3.00. The molecule has 5 heteroatoms. The molecule has 0 fully saturated rings. The van der Waals surface area contributed by atoms with Crippen LogP contribution in [0.2, 0.25) is 0 Å². The van der Waals surface area contributed by atoms with Crippen LogP contribution in [0.5, 0.6) is 5.75 Å². The molecule has 0 aliphatic carbocycles. The van der Waals surface area contributed by atoms with Crippen LogP contribution in [0.25, 0.3) is 6.08 Å². The van der Waals surface area contributed by atoms with Crippen molar-refractivity contribution in [1.82, 2.24) is 5.32 Å². The fraction of sp³-hybridized carbons (Fsp3) is 0.375. The molecule has 1 rings (SSSR count). The van der Waals surface area contributed by atoms with Crippen LogP contribution >= 0.6 is 0 Å². The Bertz CT molecular complexity index is 494. The van der Waals surface area contributed by atoms with Crippen molar-refractivity contribution in [3.05, 3.63) is 35.9 Å². The summed E-state index contributed by atoms with van der Waals surface area (Å²) in [5.41, 5.74) is 0.839. The third kappa shape index (κ3) is 6.12. The second kappa shape index (κ2) is 8.79. The van der Waals surface area contributed by atoms with Gasteiger partial charge in [-0.1, -0.05) is 31.9 Å². The van der Waals surface area contributed by atoms with Crippen LogP contribution in [0.4, 0.5) is 0 Å². The van der Waals surface area contributed by atoms with Crippen LogP contribution in [0, 0.1) is 0 Å². The van der Waals surface area contributed by atoms with E-state index in [4.69, 9.17) is 9.84 Å². The predicted molar refractivity (Wildman–Crippen MR) is 81.1 cm³/mol. The van der Waals surface area contributed by atoms with E-state index in [-0.39, 0.29) is 0 Å².